The number of hydrogen-bond acceptors (Lipinski definition) is 4. The number of H-pyrrole nitrogens is 1. The van der Waals surface area contributed by atoms with Crippen molar-refractivity contribution < 1.29 is 13.7 Å². The minimum Gasteiger partial charge on any atom is -0.445 e. The summed E-state index contributed by atoms with van der Waals surface area (Å²) in [5.41, 5.74) is 7.54. The second-order valence-electron chi connectivity index (χ2n) is 5.77. The van der Waals surface area contributed by atoms with E-state index in [1.54, 1.807) is 25.4 Å². The Morgan fingerprint density at radius 3 is 2.85 bits per heavy atom. The van der Waals surface area contributed by atoms with Crippen LogP contribution in [-0.2, 0) is 4.52 Å². The maximum atomic E-state index is 12.1. The molecule has 0 spiro atoms. The number of fused-ring (bicyclic) bond motifs is 1. The molecule has 27 heavy (non-hydrogen) atoms. The van der Waals surface area contributed by atoms with Crippen LogP contribution in [0.25, 0.3) is 22.4 Å². The number of primary amides is 1. The third-order valence-electron chi connectivity index (χ3n) is 4.13. The van der Waals surface area contributed by atoms with Crippen LogP contribution in [0.1, 0.15) is 10.5 Å². The number of nitrogens with two attached hydrogens (primary N) is 1. The number of oxazole rings is 1. The topological polar surface area (TPSA) is 94.1 Å². The van der Waals surface area contributed by atoms with Gasteiger partial charge < -0.3 is 19.7 Å². The van der Waals surface area contributed by atoms with Gasteiger partial charge in [-0.1, -0.05) is 23.7 Å². The summed E-state index contributed by atoms with van der Waals surface area (Å²) in [4.78, 5) is 19.3. The standard InChI is InChI=1S/C19H15ClN3O3P/c1-25-27(13-4-2-3-11(9-13)19-22-7-8-26-19)17-14-10-12(20)5-6-15(14)23-16(17)18(21)24/h2-10,23H,1H3,(H2,21,24). The number of carbonyl (C=O) groups is 1. The van der Waals surface area contributed by atoms with Gasteiger partial charge in [-0.2, -0.15) is 0 Å². The fraction of sp³-hybridized carbons (Fsp3) is 0.0526. The van der Waals surface area contributed by atoms with E-state index < -0.39 is 14.1 Å². The van der Waals surface area contributed by atoms with Crippen molar-refractivity contribution in [3.8, 4) is 11.5 Å². The summed E-state index contributed by atoms with van der Waals surface area (Å²) in [5, 5.41) is 2.98. The molecule has 8 heteroatoms. The fourth-order valence-corrected chi connectivity index (χ4v) is 5.07. The lowest BCUT2D eigenvalue weighted by Crippen LogP contribution is -2.23. The highest BCUT2D eigenvalue weighted by Crippen LogP contribution is 2.39. The molecule has 1 amide bonds. The summed E-state index contributed by atoms with van der Waals surface area (Å²) in [6, 6.07) is 13.1. The van der Waals surface area contributed by atoms with E-state index in [0.29, 0.717) is 21.9 Å². The number of aromatic amines is 1. The summed E-state index contributed by atoms with van der Waals surface area (Å²) >= 11 is 6.18. The molecule has 2 aromatic heterocycles. The molecule has 1 atom stereocenters. The van der Waals surface area contributed by atoms with Crippen molar-refractivity contribution in [1.82, 2.24) is 9.97 Å². The van der Waals surface area contributed by atoms with Crippen molar-refractivity contribution in [2.24, 2.45) is 5.73 Å². The number of carbonyl (C=O) groups excluding carboxylic acids is 1. The first-order chi connectivity index (χ1) is 13.1. The molecule has 0 bridgehead atoms. The lowest BCUT2D eigenvalue weighted by molar-refractivity contribution is 0.0997. The first kappa shape index (κ1) is 17.7. The normalized spacial score (nSPS) is 12.4. The zero-order valence-electron chi connectivity index (χ0n) is 14.3. The lowest BCUT2D eigenvalue weighted by Gasteiger charge is -2.17. The zero-order chi connectivity index (χ0) is 19.0. The molecular formula is C19H15ClN3O3P. The Hall–Kier alpha value is -2.66. The molecule has 0 saturated heterocycles. The van der Waals surface area contributed by atoms with Crippen molar-refractivity contribution in [1.29, 1.82) is 0 Å². The number of hydrogen-bond donors (Lipinski definition) is 2. The van der Waals surface area contributed by atoms with E-state index in [-0.39, 0.29) is 0 Å². The average molecular weight is 400 g/mol. The van der Waals surface area contributed by atoms with Gasteiger partial charge in [-0.05, 0) is 30.3 Å². The van der Waals surface area contributed by atoms with Crippen LogP contribution in [0.4, 0.5) is 0 Å². The quantitative estimate of drug-likeness (QED) is 0.502. The number of halogens is 1. The van der Waals surface area contributed by atoms with Gasteiger partial charge in [-0.3, -0.25) is 4.79 Å². The molecule has 6 nitrogen and oxygen atoms in total. The summed E-state index contributed by atoms with van der Waals surface area (Å²) in [6.45, 7) is 0. The van der Waals surface area contributed by atoms with Gasteiger partial charge in [-0.15, -0.1) is 0 Å². The van der Waals surface area contributed by atoms with Gasteiger partial charge >= 0.3 is 0 Å². The maximum absolute atomic E-state index is 12.1. The molecule has 4 aromatic rings. The van der Waals surface area contributed by atoms with Gasteiger partial charge in [-0.25, -0.2) is 4.98 Å². The fourth-order valence-electron chi connectivity index (χ4n) is 3.00. The summed E-state index contributed by atoms with van der Waals surface area (Å²) in [6.07, 6.45) is 3.11. The Labute approximate surface area is 161 Å². The van der Waals surface area contributed by atoms with E-state index in [4.69, 9.17) is 26.3 Å². The van der Waals surface area contributed by atoms with Gasteiger partial charge in [0, 0.05) is 39.2 Å². The van der Waals surface area contributed by atoms with Gasteiger partial charge in [0.05, 0.1) is 14.3 Å². The number of amides is 1. The lowest BCUT2D eigenvalue weighted by atomic mass is 10.2. The van der Waals surface area contributed by atoms with E-state index in [1.165, 1.54) is 6.26 Å². The first-order valence-electron chi connectivity index (χ1n) is 8.03. The Morgan fingerprint density at radius 2 is 2.15 bits per heavy atom. The van der Waals surface area contributed by atoms with Gasteiger partial charge in [0.2, 0.25) is 5.89 Å². The maximum Gasteiger partial charge on any atom is 0.265 e. The average Bonchev–Trinajstić information content (AvgIpc) is 3.31. The van der Waals surface area contributed by atoms with Crippen molar-refractivity contribution >= 4 is 47.2 Å². The van der Waals surface area contributed by atoms with Crippen LogP contribution in [0.15, 0.2) is 59.3 Å². The molecule has 4 rings (SSSR count). The second kappa shape index (κ2) is 7.16. The molecule has 1 unspecified atom stereocenters. The number of nitrogens with one attached hydrogen (secondary N) is 1. The Bertz CT molecular complexity index is 1120. The molecule has 0 aliphatic rings. The third-order valence-corrected chi connectivity index (χ3v) is 6.34. The highest BCUT2D eigenvalue weighted by Gasteiger charge is 2.26. The number of aromatic nitrogens is 2. The smallest absolute Gasteiger partial charge is 0.265 e. The van der Waals surface area contributed by atoms with Crippen molar-refractivity contribution in [2.75, 3.05) is 7.11 Å². The van der Waals surface area contributed by atoms with Crippen LogP contribution >= 0.6 is 19.7 Å². The van der Waals surface area contributed by atoms with E-state index in [1.807, 2.05) is 30.3 Å². The van der Waals surface area contributed by atoms with Crippen LogP contribution in [-0.4, -0.2) is 23.0 Å². The van der Waals surface area contributed by atoms with Crippen molar-refractivity contribution in [3.63, 3.8) is 0 Å². The molecule has 2 heterocycles. The molecule has 0 aliphatic carbocycles. The predicted octanol–water partition coefficient (Wildman–Crippen LogP) is 3.57. The highest BCUT2D eigenvalue weighted by atomic mass is 35.5. The highest BCUT2D eigenvalue weighted by molar-refractivity contribution is 7.69. The molecule has 3 N–H and O–H groups in total. The number of rotatable bonds is 5. The molecule has 2 aromatic carbocycles. The molecule has 0 radical (unpaired) electrons. The summed E-state index contributed by atoms with van der Waals surface area (Å²) in [5.74, 6) is -0.0364. The SMILES string of the molecule is COP(c1cccc(-c2ncco2)c1)c1c(C(N)=O)[nH]c2ccc(Cl)cc12. The monoisotopic (exact) mass is 399 g/mol. The van der Waals surface area contributed by atoms with Crippen LogP contribution < -0.4 is 16.3 Å². The summed E-state index contributed by atoms with van der Waals surface area (Å²) in [7, 11) is 0.279. The molecule has 0 saturated carbocycles. The zero-order valence-corrected chi connectivity index (χ0v) is 15.9. The minimum atomic E-state index is -1.33. The van der Waals surface area contributed by atoms with E-state index in [9.17, 15) is 4.79 Å². The minimum absolute atomic E-state index is 0.321. The van der Waals surface area contributed by atoms with E-state index in [2.05, 4.69) is 9.97 Å². The van der Waals surface area contributed by atoms with Crippen LogP contribution in [0.3, 0.4) is 0 Å². The third kappa shape index (κ3) is 3.23. The van der Waals surface area contributed by atoms with Crippen molar-refractivity contribution in [2.45, 2.75) is 0 Å². The van der Waals surface area contributed by atoms with E-state index in [0.717, 1.165) is 21.8 Å². The van der Waals surface area contributed by atoms with E-state index >= 15 is 0 Å². The molecule has 0 fully saturated rings. The van der Waals surface area contributed by atoms with Gasteiger partial charge in [0.25, 0.3) is 5.91 Å². The predicted molar refractivity (Wildman–Crippen MR) is 107 cm³/mol. The van der Waals surface area contributed by atoms with Gasteiger partial charge in [0.1, 0.15) is 12.0 Å². The first-order valence-corrected chi connectivity index (χ1v) is 9.67. The largest absolute Gasteiger partial charge is 0.445 e. The Morgan fingerprint density at radius 1 is 1.30 bits per heavy atom. The molecular weight excluding hydrogens is 385 g/mol. The molecule has 136 valence electrons. The number of nitrogens with zero attached hydrogens (tertiary/aromatic N) is 1. The van der Waals surface area contributed by atoms with Crippen LogP contribution in [0, 0.1) is 0 Å². The summed E-state index contributed by atoms with van der Waals surface area (Å²) < 4.78 is 11.2. The molecule has 0 aliphatic heterocycles. The Kier molecular flexibility index (Phi) is 4.70. The van der Waals surface area contributed by atoms with Crippen LogP contribution in [0.5, 0.6) is 0 Å². The van der Waals surface area contributed by atoms with Crippen molar-refractivity contribution in [3.05, 3.63) is 65.6 Å². The second-order valence-corrected chi connectivity index (χ2v) is 8.12. The number of benzene rings is 2. The Balaban J connectivity index is 1.91. The van der Waals surface area contributed by atoms with Crippen LogP contribution in [0.2, 0.25) is 5.02 Å². The van der Waals surface area contributed by atoms with Gasteiger partial charge in [0.15, 0.2) is 0 Å².